The van der Waals surface area contributed by atoms with Crippen molar-refractivity contribution in [2.45, 2.75) is 26.5 Å². The van der Waals surface area contributed by atoms with Gasteiger partial charge in [-0.1, -0.05) is 29.3 Å². The number of rotatable bonds is 6. The van der Waals surface area contributed by atoms with Crippen molar-refractivity contribution in [3.8, 4) is 11.8 Å². The molecule has 0 radical (unpaired) electrons. The number of hydrogen-bond acceptors (Lipinski definition) is 3. The number of nitriles is 1. The summed E-state index contributed by atoms with van der Waals surface area (Å²) >= 11 is 16.5. The zero-order chi connectivity index (χ0) is 20.8. The highest BCUT2D eigenvalue weighted by molar-refractivity contribution is 14.1. The maximum absolute atomic E-state index is 12.1. The van der Waals surface area contributed by atoms with E-state index in [0.29, 0.717) is 16.7 Å². The van der Waals surface area contributed by atoms with E-state index in [0.717, 1.165) is 24.0 Å². The quantitative estimate of drug-likeness (QED) is 0.232. The number of nitrogens with one attached hydrogen (secondary N) is 1. The van der Waals surface area contributed by atoms with E-state index in [2.05, 4.69) is 50.5 Å². The first-order chi connectivity index (χ1) is 13.2. The van der Waals surface area contributed by atoms with E-state index >= 15 is 0 Å². The molecule has 0 heterocycles. The second-order valence-electron chi connectivity index (χ2n) is 6.14. The Hall–Kier alpha value is -1.02. The number of halogens is 4. The van der Waals surface area contributed by atoms with Crippen LogP contribution in [0.5, 0.6) is 5.75 Å². The molecule has 0 aliphatic carbocycles. The first-order valence-electron chi connectivity index (χ1n) is 8.19. The van der Waals surface area contributed by atoms with Gasteiger partial charge < -0.3 is 10.1 Å². The van der Waals surface area contributed by atoms with Gasteiger partial charge in [0.05, 0.1) is 7.14 Å². The lowest BCUT2D eigenvalue weighted by molar-refractivity contribution is -0.117. The molecule has 0 saturated carbocycles. The van der Waals surface area contributed by atoms with Crippen molar-refractivity contribution in [2.24, 2.45) is 0 Å². The molecule has 0 aromatic heterocycles. The molecule has 0 aliphatic heterocycles. The molecule has 1 amide bonds. The standard InChI is InChI=1S/C20H16Cl2I2N2O2/c1-11(2)26-20(27)14(9-25)5-12-6-17(23)19(18(24)7-12)28-10-13-3-4-15(21)8-16(13)22/h3-8,11H,10H2,1-2H3,(H,26,27)/b14-5-. The molecule has 1 N–H and O–H groups in total. The van der Waals surface area contributed by atoms with Crippen molar-refractivity contribution >= 4 is 80.4 Å². The molecular formula is C20H16Cl2I2N2O2. The molecule has 0 bridgehead atoms. The molecule has 0 saturated heterocycles. The number of benzene rings is 2. The van der Waals surface area contributed by atoms with Gasteiger partial charge in [0, 0.05) is 21.7 Å². The summed E-state index contributed by atoms with van der Waals surface area (Å²) in [5.74, 6) is 0.328. The normalized spacial score (nSPS) is 11.3. The van der Waals surface area contributed by atoms with Gasteiger partial charge in [-0.3, -0.25) is 4.79 Å². The Morgan fingerprint density at radius 2 is 1.89 bits per heavy atom. The van der Waals surface area contributed by atoms with Gasteiger partial charge in [0.2, 0.25) is 0 Å². The highest BCUT2D eigenvalue weighted by Gasteiger charge is 2.13. The van der Waals surface area contributed by atoms with Crippen LogP contribution in [0.3, 0.4) is 0 Å². The molecule has 4 nitrogen and oxygen atoms in total. The number of carbonyl (C=O) groups excluding carboxylic acids is 1. The molecule has 0 aliphatic rings. The van der Waals surface area contributed by atoms with Gasteiger partial charge in [0.15, 0.2) is 0 Å². The lowest BCUT2D eigenvalue weighted by atomic mass is 10.1. The van der Waals surface area contributed by atoms with E-state index in [1.165, 1.54) is 0 Å². The van der Waals surface area contributed by atoms with Crippen molar-refractivity contribution in [3.05, 3.63) is 64.2 Å². The van der Waals surface area contributed by atoms with Crippen LogP contribution < -0.4 is 10.1 Å². The first kappa shape index (κ1) is 23.3. The molecule has 8 heteroatoms. The lowest BCUT2D eigenvalue weighted by Crippen LogP contribution is -2.30. The van der Waals surface area contributed by atoms with Gasteiger partial charge >= 0.3 is 0 Å². The van der Waals surface area contributed by atoms with Crippen molar-refractivity contribution in [3.63, 3.8) is 0 Å². The van der Waals surface area contributed by atoms with Crippen molar-refractivity contribution in [1.29, 1.82) is 5.26 Å². The minimum absolute atomic E-state index is 0.0417. The summed E-state index contributed by atoms with van der Waals surface area (Å²) in [7, 11) is 0. The molecule has 28 heavy (non-hydrogen) atoms. The van der Waals surface area contributed by atoms with Crippen LogP contribution in [0.2, 0.25) is 10.0 Å². The van der Waals surface area contributed by atoms with Crippen LogP contribution in [0, 0.1) is 18.5 Å². The third-order valence-corrected chi connectivity index (χ3v) is 5.69. The Morgan fingerprint density at radius 3 is 2.43 bits per heavy atom. The topological polar surface area (TPSA) is 62.1 Å². The number of hydrogen-bond donors (Lipinski definition) is 1. The fourth-order valence-corrected chi connectivity index (χ4v) is 4.84. The van der Waals surface area contributed by atoms with E-state index in [4.69, 9.17) is 27.9 Å². The molecule has 0 unspecified atom stereocenters. The Balaban J connectivity index is 2.23. The fourth-order valence-electron chi connectivity index (χ4n) is 2.24. The highest BCUT2D eigenvalue weighted by atomic mass is 127. The summed E-state index contributed by atoms with van der Waals surface area (Å²) in [6.07, 6.45) is 1.57. The average Bonchev–Trinajstić information content (AvgIpc) is 2.59. The zero-order valence-corrected chi connectivity index (χ0v) is 20.9. The summed E-state index contributed by atoms with van der Waals surface area (Å²) in [5.41, 5.74) is 1.64. The van der Waals surface area contributed by atoms with Gasteiger partial charge in [-0.05, 0) is 94.9 Å². The Kier molecular flexibility index (Phi) is 8.86. The second-order valence-corrected chi connectivity index (χ2v) is 9.30. The van der Waals surface area contributed by atoms with E-state index < -0.39 is 0 Å². The maximum Gasteiger partial charge on any atom is 0.262 e. The van der Waals surface area contributed by atoms with E-state index in [-0.39, 0.29) is 17.5 Å². The van der Waals surface area contributed by atoms with Crippen LogP contribution in [0.4, 0.5) is 0 Å². The first-order valence-corrected chi connectivity index (χ1v) is 11.1. The molecule has 2 rings (SSSR count). The number of ether oxygens (including phenoxy) is 1. The number of carbonyl (C=O) groups is 1. The summed E-state index contributed by atoms with van der Waals surface area (Å²) in [6.45, 7) is 3.99. The molecular weight excluding hydrogens is 625 g/mol. The summed E-state index contributed by atoms with van der Waals surface area (Å²) in [4.78, 5) is 12.1. The van der Waals surface area contributed by atoms with Crippen LogP contribution in [0.25, 0.3) is 6.08 Å². The molecule has 2 aromatic carbocycles. The Bertz CT molecular complexity index is 946. The number of nitrogens with zero attached hydrogens (tertiary/aromatic N) is 1. The summed E-state index contributed by atoms with van der Waals surface area (Å²) in [5, 5.41) is 13.1. The van der Waals surface area contributed by atoms with Gasteiger partial charge in [0.25, 0.3) is 5.91 Å². The Morgan fingerprint density at radius 1 is 1.25 bits per heavy atom. The van der Waals surface area contributed by atoms with E-state index in [9.17, 15) is 10.1 Å². The van der Waals surface area contributed by atoms with E-state index in [1.807, 2.05) is 38.1 Å². The zero-order valence-electron chi connectivity index (χ0n) is 15.0. The van der Waals surface area contributed by atoms with Crippen molar-refractivity contribution in [2.75, 3.05) is 0 Å². The van der Waals surface area contributed by atoms with Gasteiger partial charge in [-0.25, -0.2) is 0 Å². The highest BCUT2D eigenvalue weighted by Crippen LogP contribution is 2.31. The largest absolute Gasteiger partial charge is 0.487 e. The van der Waals surface area contributed by atoms with Crippen LogP contribution in [-0.2, 0) is 11.4 Å². The lowest BCUT2D eigenvalue weighted by Gasteiger charge is -2.13. The van der Waals surface area contributed by atoms with Gasteiger partial charge in [-0.2, -0.15) is 5.26 Å². The van der Waals surface area contributed by atoms with Crippen LogP contribution in [0.15, 0.2) is 35.9 Å². The summed E-state index contributed by atoms with van der Waals surface area (Å²) in [6, 6.07) is 10.9. The molecule has 0 atom stereocenters. The monoisotopic (exact) mass is 640 g/mol. The molecule has 2 aromatic rings. The fraction of sp³-hybridized carbons (Fsp3) is 0.200. The molecule has 0 fully saturated rings. The van der Waals surface area contributed by atoms with Crippen LogP contribution in [-0.4, -0.2) is 11.9 Å². The third-order valence-electron chi connectivity index (χ3n) is 3.50. The number of amides is 1. The van der Waals surface area contributed by atoms with Crippen molar-refractivity contribution in [1.82, 2.24) is 5.32 Å². The third kappa shape index (κ3) is 6.51. The molecule has 0 spiro atoms. The summed E-state index contributed by atoms with van der Waals surface area (Å²) < 4.78 is 7.68. The molecule has 146 valence electrons. The smallest absolute Gasteiger partial charge is 0.262 e. The minimum Gasteiger partial charge on any atom is -0.487 e. The minimum atomic E-state index is -0.389. The van der Waals surface area contributed by atoms with Gasteiger partial charge in [-0.15, -0.1) is 0 Å². The predicted molar refractivity (Wildman–Crippen MR) is 130 cm³/mol. The maximum atomic E-state index is 12.1. The van der Waals surface area contributed by atoms with Crippen LogP contribution >= 0.6 is 68.4 Å². The predicted octanol–water partition coefficient (Wildman–Crippen LogP) is 6.21. The van der Waals surface area contributed by atoms with Crippen LogP contribution in [0.1, 0.15) is 25.0 Å². The van der Waals surface area contributed by atoms with Gasteiger partial charge in [0.1, 0.15) is 24.0 Å². The second kappa shape index (κ2) is 10.7. The van der Waals surface area contributed by atoms with E-state index in [1.54, 1.807) is 18.2 Å². The van der Waals surface area contributed by atoms with Crippen molar-refractivity contribution < 1.29 is 9.53 Å². The average molecular weight is 641 g/mol. The SMILES string of the molecule is CC(C)NC(=O)/C(C#N)=C\c1cc(I)c(OCc2ccc(Cl)cc2Cl)c(I)c1. The Labute approximate surface area is 201 Å².